The third kappa shape index (κ3) is 1.27. The molecule has 1 aromatic carbocycles. The van der Waals surface area contributed by atoms with Gasteiger partial charge in [-0.1, -0.05) is 0 Å². The van der Waals surface area contributed by atoms with Crippen LogP contribution in [-0.4, -0.2) is 4.98 Å². The number of hydrogen-bond donors (Lipinski definition) is 1. The number of benzene rings is 1. The van der Waals surface area contributed by atoms with Crippen LogP contribution in [0, 0.1) is 0 Å². The normalized spacial score (nSPS) is 12.0. The maximum atomic E-state index is 5.65. The molecule has 0 saturated carbocycles. The van der Waals surface area contributed by atoms with Crippen LogP contribution in [0.15, 0.2) is 36.5 Å². The molecule has 2 aromatic rings. The van der Waals surface area contributed by atoms with E-state index in [1.165, 1.54) is 0 Å². The summed E-state index contributed by atoms with van der Waals surface area (Å²) < 4.78 is 11.1. The molecule has 0 fully saturated rings. The average molecular weight is 200 g/mol. The van der Waals surface area contributed by atoms with Crippen molar-refractivity contribution in [2.45, 2.75) is 0 Å². The molecule has 0 unspecified atom stereocenters. The summed E-state index contributed by atoms with van der Waals surface area (Å²) in [5, 5.41) is 0. The minimum absolute atomic E-state index is 0.481. The number of fused-ring (bicyclic) bond motifs is 2. The highest BCUT2D eigenvalue weighted by molar-refractivity contribution is 5.57. The van der Waals surface area contributed by atoms with Crippen LogP contribution in [0.4, 0.5) is 5.69 Å². The van der Waals surface area contributed by atoms with Crippen molar-refractivity contribution in [3.8, 4) is 23.1 Å². The number of rotatable bonds is 0. The Morgan fingerprint density at radius 1 is 1.00 bits per heavy atom. The van der Waals surface area contributed by atoms with Crippen LogP contribution < -0.4 is 15.2 Å². The quantitative estimate of drug-likeness (QED) is 0.566. The summed E-state index contributed by atoms with van der Waals surface area (Å²) in [4.78, 5) is 4.06. The molecule has 0 amide bonds. The zero-order chi connectivity index (χ0) is 10.3. The van der Waals surface area contributed by atoms with E-state index in [2.05, 4.69) is 4.98 Å². The van der Waals surface area contributed by atoms with Gasteiger partial charge in [-0.2, -0.15) is 0 Å². The molecule has 2 N–H and O–H groups in total. The summed E-state index contributed by atoms with van der Waals surface area (Å²) in [6.07, 6.45) is 1.66. The molecule has 0 spiro atoms. The van der Waals surface area contributed by atoms with Gasteiger partial charge in [-0.3, -0.25) is 0 Å². The zero-order valence-corrected chi connectivity index (χ0v) is 7.81. The molecule has 4 heteroatoms. The molecule has 1 aliphatic heterocycles. The molecule has 0 radical (unpaired) electrons. The molecule has 2 heterocycles. The van der Waals surface area contributed by atoms with Crippen molar-refractivity contribution in [3.63, 3.8) is 0 Å². The van der Waals surface area contributed by atoms with Crippen molar-refractivity contribution in [1.82, 2.24) is 4.98 Å². The van der Waals surface area contributed by atoms with Gasteiger partial charge in [-0.05, 0) is 24.3 Å². The monoisotopic (exact) mass is 200 g/mol. The number of nitrogens with zero attached hydrogens (tertiary/aromatic N) is 1. The van der Waals surface area contributed by atoms with Crippen molar-refractivity contribution in [2.24, 2.45) is 0 Å². The third-order valence-corrected chi connectivity index (χ3v) is 2.13. The second-order valence-electron chi connectivity index (χ2n) is 3.22. The first-order valence-corrected chi connectivity index (χ1v) is 4.53. The lowest BCUT2D eigenvalue weighted by Gasteiger charge is -2.19. The lowest BCUT2D eigenvalue weighted by atomic mass is 10.2. The van der Waals surface area contributed by atoms with E-state index in [0.29, 0.717) is 28.8 Å². The van der Waals surface area contributed by atoms with Crippen LogP contribution in [0.25, 0.3) is 0 Å². The minimum atomic E-state index is 0.481. The van der Waals surface area contributed by atoms with Gasteiger partial charge >= 0.3 is 0 Å². The fourth-order valence-corrected chi connectivity index (χ4v) is 1.44. The molecule has 4 nitrogen and oxygen atoms in total. The smallest absolute Gasteiger partial charge is 0.263 e. The standard InChI is InChI=1S/C11H8N2O2/c12-7-3-4-8-10(6-7)14-9-2-1-5-13-11(9)15-8/h1-6H,12H2. The summed E-state index contributed by atoms with van der Waals surface area (Å²) in [7, 11) is 0. The first kappa shape index (κ1) is 8.11. The van der Waals surface area contributed by atoms with E-state index < -0.39 is 0 Å². The summed E-state index contributed by atoms with van der Waals surface area (Å²) in [6, 6.07) is 8.84. The lowest BCUT2D eigenvalue weighted by molar-refractivity contribution is 0.348. The van der Waals surface area contributed by atoms with E-state index in [0.717, 1.165) is 0 Å². The Labute approximate surface area is 86.3 Å². The molecular formula is C11H8N2O2. The third-order valence-electron chi connectivity index (χ3n) is 2.13. The molecule has 1 aliphatic rings. The highest BCUT2D eigenvalue weighted by atomic mass is 16.6. The van der Waals surface area contributed by atoms with E-state index in [-0.39, 0.29) is 0 Å². The van der Waals surface area contributed by atoms with Gasteiger partial charge in [-0.25, -0.2) is 4.98 Å². The fourth-order valence-electron chi connectivity index (χ4n) is 1.44. The lowest BCUT2D eigenvalue weighted by Crippen LogP contribution is -2.00. The molecule has 74 valence electrons. The van der Waals surface area contributed by atoms with E-state index >= 15 is 0 Å². The molecular weight excluding hydrogens is 192 g/mol. The maximum Gasteiger partial charge on any atom is 0.263 e. The van der Waals surface area contributed by atoms with Gasteiger partial charge in [0.05, 0.1) is 0 Å². The highest BCUT2D eigenvalue weighted by Crippen LogP contribution is 2.44. The topological polar surface area (TPSA) is 57.4 Å². The van der Waals surface area contributed by atoms with Gasteiger partial charge in [0.15, 0.2) is 17.2 Å². The van der Waals surface area contributed by atoms with Crippen molar-refractivity contribution < 1.29 is 9.47 Å². The number of hydrogen-bond acceptors (Lipinski definition) is 4. The molecule has 0 bridgehead atoms. The Kier molecular flexibility index (Phi) is 1.56. The Bertz CT molecular complexity index is 526. The van der Waals surface area contributed by atoms with E-state index in [1.807, 2.05) is 0 Å². The van der Waals surface area contributed by atoms with Crippen molar-refractivity contribution in [1.29, 1.82) is 0 Å². The van der Waals surface area contributed by atoms with Crippen LogP contribution in [-0.2, 0) is 0 Å². The molecule has 0 aliphatic carbocycles. The summed E-state index contributed by atoms with van der Waals surface area (Å²) in [6.45, 7) is 0. The number of nitrogens with two attached hydrogens (primary N) is 1. The molecule has 1 aromatic heterocycles. The Morgan fingerprint density at radius 2 is 1.93 bits per heavy atom. The van der Waals surface area contributed by atoms with Gasteiger partial charge in [0.2, 0.25) is 0 Å². The number of anilines is 1. The number of nitrogen functional groups attached to an aromatic ring is 1. The first-order chi connectivity index (χ1) is 7.33. The summed E-state index contributed by atoms with van der Waals surface area (Å²) in [5.41, 5.74) is 6.29. The second-order valence-corrected chi connectivity index (χ2v) is 3.22. The Morgan fingerprint density at radius 3 is 2.87 bits per heavy atom. The van der Waals surface area contributed by atoms with E-state index in [9.17, 15) is 0 Å². The number of aromatic nitrogens is 1. The van der Waals surface area contributed by atoms with Crippen LogP contribution in [0.2, 0.25) is 0 Å². The Hall–Kier alpha value is -2.23. The fraction of sp³-hybridized carbons (Fsp3) is 0. The van der Waals surface area contributed by atoms with Crippen LogP contribution in [0.1, 0.15) is 0 Å². The SMILES string of the molecule is Nc1ccc2c(c1)Oc1cccnc1O2. The largest absolute Gasteiger partial charge is 0.448 e. The predicted octanol–water partition coefficient (Wildman–Crippen LogP) is 2.56. The summed E-state index contributed by atoms with van der Waals surface area (Å²) >= 11 is 0. The van der Waals surface area contributed by atoms with E-state index in [4.69, 9.17) is 15.2 Å². The molecule has 0 atom stereocenters. The maximum absolute atomic E-state index is 5.65. The predicted molar refractivity (Wildman–Crippen MR) is 55.2 cm³/mol. The van der Waals surface area contributed by atoms with Crippen LogP contribution in [0.3, 0.4) is 0 Å². The van der Waals surface area contributed by atoms with Gasteiger partial charge in [0.1, 0.15) is 0 Å². The Balaban J connectivity index is 2.11. The van der Waals surface area contributed by atoms with Crippen molar-refractivity contribution in [2.75, 3.05) is 5.73 Å². The second kappa shape index (κ2) is 2.88. The molecule has 0 saturated heterocycles. The summed E-state index contributed by atoms with van der Waals surface area (Å²) in [5.74, 6) is 2.34. The molecule has 3 rings (SSSR count). The van der Waals surface area contributed by atoms with Gasteiger partial charge in [0.25, 0.3) is 5.88 Å². The zero-order valence-electron chi connectivity index (χ0n) is 7.81. The average Bonchev–Trinajstić information content (AvgIpc) is 2.26. The van der Waals surface area contributed by atoms with Crippen molar-refractivity contribution in [3.05, 3.63) is 36.5 Å². The number of ether oxygens (including phenoxy) is 2. The highest BCUT2D eigenvalue weighted by Gasteiger charge is 2.18. The van der Waals surface area contributed by atoms with Gasteiger partial charge in [-0.15, -0.1) is 0 Å². The minimum Gasteiger partial charge on any atom is -0.448 e. The van der Waals surface area contributed by atoms with Gasteiger partial charge < -0.3 is 15.2 Å². The number of pyridine rings is 1. The van der Waals surface area contributed by atoms with E-state index in [1.54, 1.807) is 36.5 Å². The van der Waals surface area contributed by atoms with Crippen LogP contribution >= 0.6 is 0 Å². The first-order valence-electron chi connectivity index (χ1n) is 4.53. The molecule has 15 heavy (non-hydrogen) atoms. The van der Waals surface area contributed by atoms with Crippen molar-refractivity contribution >= 4 is 5.69 Å². The van der Waals surface area contributed by atoms with Crippen LogP contribution in [0.5, 0.6) is 23.1 Å². The van der Waals surface area contributed by atoms with Gasteiger partial charge in [0, 0.05) is 18.0 Å².